The maximum absolute atomic E-state index is 13.5. The number of hydrogen-bond acceptors (Lipinski definition) is 15. The molecule has 0 radical (unpaired) electrons. The summed E-state index contributed by atoms with van der Waals surface area (Å²) in [5, 5.41) is 4.96. The van der Waals surface area contributed by atoms with Crippen LogP contribution in [0.5, 0.6) is 23.0 Å². The number of ether oxygens (including phenoxy) is 6. The monoisotopic (exact) mass is 929 g/mol. The van der Waals surface area contributed by atoms with Crippen LogP contribution in [0.3, 0.4) is 0 Å². The Morgan fingerprint density at radius 1 is 0.701 bits per heavy atom. The van der Waals surface area contributed by atoms with E-state index in [-0.39, 0.29) is 35.5 Å². The Morgan fingerprint density at radius 3 is 1.97 bits per heavy atom. The Bertz CT molecular complexity index is 2490. The van der Waals surface area contributed by atoms with Gasteiger partial charge in [0.2, 0.25) is 5.13 Å². The van der Waals surface area contributed by atoms with E-state index in [2.05, 4.69) is 22.1 Å². The Balaban J connectivity index is 0.886. The van der Waals surface area contributed by atoms with Gasteiger partial charge in [-0.15, -0.1) is 0 Å². The number of aryl methyl sites for hydroxylation is 1. The van der Waals surface area contributed by atoms with Gasteiger partial charge in [0.1, 0.15) is 29.1 Å². The number of para-hydroxylation sites is 1. The summed E-state index contributed by atoms with van der Waals surface area (Å²) < 4.78 is 35.0. The van der Waals surface area contributed by atoms with Crippen LogP contribution in [0.25, 0.3) is 10.2 Å². The van der Waals surface area contributed by atoms with Crippen LogP contribution >= 0.6 is 11.3 Å². The molecule has 0 bridgehead atoms. The van der Waals surface area contributed by atoms with Crippen molar-refractivity contribution >= 4 is 62.7 Å². The number of benzene rings is 4. The summed E-state index contributed by atoms with van der Waals surface area (Å²) in [5.41, 5.74) is 5.73. The lowest BCUT2D eigenvalue weighted by molar-refractivity contribution is -0.145. The van der Waals surface area contributed by atoms with Gasteiger partial charge in [-0.1, -0.05) is 47.7 Å². The molecule has 7 rings (SSSR count). The van der Waals surface area contributed by atoms with Gasteiger partial charge in [0.15, 0.2) is 0 Å². The number of anilines is 1. The molecule has 1 heterocycles. The predicted molar refractivity (Wildman–Crippen MR) is 254 cm³/mol. The summed E-state index contributed by atoms with van der Waals surface area (Å²) in [7, 11) is 0. The number of esters is 5. The van der Waals surface area contributed by atoms with Gasteiger partial charge >= 0.3 is 29.8 Å². The zero-order valence-corrected chi connectivity index (χ0v) is 38.3. The van der Waals surface area contributed by atoms with Gasteiger partial charge in [0, 0.05) is 11.6 Å². The first kappa shape index (κ1) is 48.1. The molecule has 2 aliphatic rings. The Kier molecular flexibility index (Phi) is 17.3. The smallest absolute Gasteiger partial charge is 0.338 e. The van der Waals surface area contributed by atoms with E-state index in [1.165, 1.54) is 17.6 Å². The molecule has 2 aliphatic carbocycles. The van der Waals surface area contributed by atoms with E-state index in [1.54, 1.807) is 54.6 Å². The van der Waals surface area contributed by atoms with Crippen LogP contribution in [0, 0.1) is 24.7 Å². The number of carbonyl (C=O) groups is 5. The van der Waals surface area contributed by atoms with Crippen molar-refractivity contribution in [3.63, 3.8) is 0 Å². The van der Waals surface area contributed by atoms with Crippen LogP contribution in [0.15, 0.2) is 109 Å². The topological polar surface area (TPSA) is 178 Å². The number of hydrazone groups is 1. The molecule has 0 aliphatic heterocycles. The van der Waals surface area contributed by atoms with Gasteiger partial charge in [-0.2, -0.15) is 5.10 Å². The number of aromatic nitrogens is 1. The van der Waals surface area contributed by atoms with Gasteiger partial charge in [0.05, 0.1) is 53.0 Å². The molecule has 1 N–H and O–H groups in total. The van der Waals surface area contributed by atoms with Crippen molar-refractivity contribution in [1.82, 2.24) is 4.98 Å². The highest BCUT2D eigenvalue weighted by Gasteiger charge is 2.33. The molecule has 5 aromatic rings. The molecule has 14 nitrogen and oxygen atoms in total. The second-order valence-corrected chi connectivity index (χ2v) is 17.7. The molecule has 4 aromatic carbocycles. The standard InChI is InChI=1S/C52H55N3O11S/c1-3-47(56)62-31-9-5-4-8-30-61-40-24-26-42(27-25-40)64-49(58)36-16-18-37(19-17-36)50(59)65-43-28-29-45(39(32-43)33-53-55-52-54-44-10-6-7-11-46(44)67-52)66-51(60)38-20-22-41(23-21-38)63-48(57)35-14-12-34(2)13-15-35/h3,6-7,10-15,24-29,32-33,36-38,41H,1,4-5,8-9,16-23,30-31H2,2H3,(H,54,55)/b53-33+/t36-,37-,38-,41-. The number of nitrogens with one attached hydrogen (secondary N) is 1. The van der Waals surface area contributed by atoms with E-state index >= 15 is 0 Å². The van der Waals surface area contributed by atoms with Gasteiger partial charge in [0.25, 0.3) is 0 Å². The maximum atomic E-state index is 13.5. The van der Waals surface area contributed by atoms with Gasteiger partial charge < -0.3 is 28.4 Å². The van der Waals surface area contributed by atoms with E-state index in [9.17, 15) is 24.0 Å². The van der Waals surface area contributed by atoms with Gasteiger partial charge in [-0.3, -0.25) is 19.8 Å². The van der Waals surface area contributed by atoms with Crippen molar-refractivity contribution in [3.05, 3.63) is 120 Å². The third-order valence-electron chi connectivity index (χ3n) is 11.8. The lowest BCUT2D eigenvalue weighted by Gasteiger charge is -2.27. The zero-order valence-electron chi connectivity index (χ0n) is 37.5. The van der Waals surface area contributed by atoms with E-state index in [0.717, 1.165) is 47.5 Å². The number of thiazole rings is 1. The average Bonchev–Trinajstić information content (AvgIpc) is 3.77. The third kappa shape index (κ3) is 14.3. The molecule has 350 valence electrons. The number of rotatable bonds is 20. The zero-order chi connectivity index (χ0) is 47.0. The van der Waals surface area contributed by atoms with Crippen LogP contribution in [-0.2, 0) is 28.7 Å². The van der Waals surface area contributed by atoms with Crippen LogP contribution in [-0.4, -0.2) is 60.4 Å². The average molecular weight is 930 g/mol. The van der Waals surface area contributed by atoms with Crippen molar-refractivity contribution in [2.75, 3.05) is 18.6 Å². The molecule has 0 saturated heterocycles. The third-order valence-corrected chi connectivity index (χ3v) is 12.7. The first-order chi connectivity index (χ1) is 32.6. The molecule has 2 fully saturated rings. The summed E-state index contributed by atoms with van der Waals surface area (Å²) in [6, 6.07) is 26.6. The number of unbranched alkanes of at least 4 members (excludes halogenated alkanes) is 3. The first-order valence-corrected chi connectivity index (χ1v) is 23.7. The molecule has 0 unspecified atom stereocenters. The SMILES string of the molecule is C=CC(=O)OCCCCCCOc1ccc(OC(=O)[C@H]2CC[C@H](C(=O)Oc3ccc(OC(=O)[C@H]4CC[C@H](OC(=O)c5ccc(C)cc5)CC4)c(/C=N/Nc4nc5ccccc5s4)c3)CC2)cc1. The molecular weight excluding hydrogens is 875 g/mol. The highest BCUT2D eigenvalue weighted by molar-refractivity contribution is 7.22. The molecule has 0 atom stereocenters. The molecule has 15 heteroatoms. The lowest BCUT2D eigenvalue weighted by atomic mass is 9.82. The fourth-order valence-corrected chi connectivity index (χ4v) is 8.74. The Hall–Kier alpha value is -6.87. The first-order valence-electron chi connectivity index (χ1n) is 22.8. The summed E-state index contributed by atoms with van der Waals surface area (Å²) in [5.74, 6) is -1.56. The molecule has 67 heavy (non-hydrogen) atoms. The molecule has 0 spiro atoms. The maximum Gasteiger partial charge on any atom is 0.338 e. The second kappa shape index (κ2) is 24.1. The highest BCUT2D eigenvalue weighted by atomic mass is 32.1. The largest absolute Gasteiger partial charge is 0.494 e. The van der Waals surface area contributed by atoms with Crippen molar-refractivity contribution in [3.8, 4) is 23.0 Å². The Labute approximate surface area is 393 Å². The van der Waals surface area contributed by atoms with Crippen molar-refractivity contribution in [2.24, 2.45) is 22.9 Å². The Morgan fingerprint density at radius 2 is 1.30 bits per heavy atom. The van der Waals surface area contributed by atoms with Crippen molar-refractivity contribution in [1.29, 1.82) is 0 Å². The van der Waals surface area contributed by atoms with E-state index in [1.807, 2.05) is 43.3 Å². The van der Waals surface area contributed by atoms with Crippen LogP contribution in [0.4, 0.5) is 5.13 Å². The van der Waals surface area contributed by atoms with Crippen LogP contribution in [0.1, 0.15) is 98.5 Å². The normalized spacial score (nSPS) is 18.1. The quantitative estimate of drug-likeness (QED) is 0.0195. The molecular formula is C52H55N3O11S. The van der Waals surface area contributed by atoms with Crippen molar-refractivity contribution in [2.45, 2.75) is 90.1 Å². The molecule has 1 aromatic heterocycles. The fourth-order valence-electron chi connectivity index (χ4n) is 7.93. The van der Waals surface area contributed by atoms with E-state index in [4.69, 9.17) is 28.4 Å². The van der Waals surface area contributed by atoms with Gasteiger partial charge in [-0.05, 0) is 151 Å². The number of hydrogen-bond donors (Lipinski definition) is 1. The summed E-state index contributed by atoms with van der Waals surface area (Å²) in [4.78, 5) is 68.4. The fraction of sp³-hybridized carbons (Fsp3) is 0.365. The predicted octanol–water partition coefficient (Wildman–Crippen LogP) is 10.4. The minimum atomic E-state index is -0.420. The minimum Gasteiger partial charge on any atom is -0.494 e. The van der Waals surface area contributed by atoms with Crippen LogP contribution in [0.2, 0.25) is 0 Å². The second-order valence-electron chi connectivity index (χ2n) is 16.7. The number of fused-ring (bicyclic) bond motifs is 1. The van der Waals surface area contributed by atoms with E-state index in [0.29, 0.717) is 92.3 Å². The minimum absolute atomic E-state index is 0.239. The van der Waals surface area contributed by atoms with Crippen LogP contribution < -0.4 is 24.4 Å². The van der Waals surface area contributed by atoms with E-state index < -0.39 is 29.7 Å². The summed E-state index contributed by atoms with van der Waals surface area (Å²) in [6.45, 7) is 6.25. The molecule has 2 saturated carbocycles. The molecule has 0 amide bonds. The van der Waals surface area contributed by atoms with Crippen molar-refractivity contribution < 1.29 is 52.4 Å². The summed E-state index contributed by atoms with van der Waals surface area (Å²) in [6.07, 6.45) is 9.75. The number of nitrogens with zero attached hydrogens (tertiary/aromatic N) is 2. The van der Waals surface area contributed by atoms with Gasteiger partial charge in [-0.25, -0.2) is 14.6 Å². The highest BCUT2D eigenvalue weighted by Crippen LogP contribution is 2.34. The lowest BCUT2D eigenvalue weighted by Crippen LogP contribution is -2.30. The number of carbonyl (C=O) groups excluding carboxylic acids is 5. The summed E-state index contributed by atoms with van der Waals surface area (Å²) >= 11 is 1.44.